The zero-order chi connectivity index (χ0) is 45.1. The van der Waals surface area contributed by atoms with Crippen LogP contribution < -0.4 is 14.6 Å². The van der Waals surface area contributed by atoms with Gasteiger partial charge >= 0.3 is 37.7 Å². The number of hydrogen-bond donors (Lipinski definition) is 2. The van der Waals surface area contributed by atoms with Gasteiger partial charge in [0.2, 0.25) is 0 Å². The van der Waals surface area contributed by atoms with Crippen LogP contribution in [-0.2, 0) is 33.1 Å². The van der Waals surface area contributed by atoms with Gasteiger partial charge in [-0.2, -0.15) is 8.42 Å². The molecular formula is C50H70CaO10S2. The van der Waals surface area contributed by atoms with E-state index < -0.39 is 30.9 Å². The number of aromatic hydroxyl groups is 1. The van der Waals surface area contributed by atoms with Crippen molar-refractivity contribution in [1.82, 2.24) is 0 Å². The van der Waals surface area contributed by atoms with Gasteiger partial charge in [0.1, 0.15) is 27.4 Å². The minimum absolute atomic E-state index is 0. The molecule has 0 fully saturated rings. The maximum Gasteiger partial charge on any atom is 2.00 e. The molecule has 0 aliphatic carbocycles. The van der Waals surface area contributed by atoms with Crippen LogP contribution >= 0.6 is 0 Å². The number of hydrogen-bond acceptors (Lipinski definition) is 9. The van der Waals surface area contributed by atoms with Crippen molar-refractivity contribution >= 4 is 58.0 Å². The van der Waals surface area contributed by atoms with Crippen molar-refractivity contribution in [2.45, 2.75) is 178 Å². The van der Waals surface area contributed by atoms with Gasteiger partial charge in [-0.15, -0.1) is 0 Å². The molecule has 4 rings (SSSR count). The van der Waals surface area contributed by atoms with Crippen LogP contribution in [0.2, 0.25) is 0 Å². The first-order valence-electron chi connectivity index (χ1n) is 22.9. The fourth-order valence-electron chi connectivity index (χ4n) is 7.16. The van der Waals surface area contributed by atoms with E-state index in [1.807, 2.05) is 36.4 Å². The van der Waals surface area contributed by atoms with Gasteiger partial charge in [-0.05, 0) is 91.4 Å². The zero-order valence-electron chi connectivity index (χ0n) is 37.7. The molecule has 0 saturated heterocycles. The van der Waals surface area contributed by atoms with Crippen LogP contribution in [0.5, 0.6) is 34.5 Å². The summed E-state index contributed by atoms with van der Waals surface area (Å²) in [5.74, 6) is 0.188. The summed E-state index contributed by atoms with van der Waals surface area (Å²) in [6.07, 6.45) is 31.3. The smallest absolute Gasteiger partial charge is 0.870 e. The van der Waals surface area contributed by atoms with Crippen molar-refractivity contribution in [3.05, 3.63) is 96.1 Å². The molecule has 0 saturated carbocycles. The van der Waals surface area contributed by atoms with Crippen molar-refractivity contribution in [1.29, 1.82) is 0 Å². The molecule has 63 heavy (non-hydrogen) atoms. The van der Waals surface area contributed by atoms with Gasteiger partial charge in [-0.25, -0.2) is 8.42 Å². The van der Waals surface area contributed by atoms with Crippen LogP contribution in [0.1, 0.15) is 166 Å². The molecule has 0 aliphatic heterocycles. The number of phenols is 1. The summed E-state index contributed by atoms with van der Waals surface area (Å²) in [6, 6.07) is 21.8. The van der Waals surface area contributed by atoms with Crippen LogP contribution in [0.25, 0.3) is 0 Å². The van der Waals surface area contributed by atoms with E-state index in [4.69, 9.17) is 14.0 Å². The third kappa shape index (κ3) is 24.3. The van der Waals surface area contributed by atoms with Crippen molar-refractivity contribution in [3.63, 3.8) is 0 Å². The Bertz CT molecular complexity index is 1910. The van der Waals surface area contributed by atoms with Gasteiger partial charge in [0, 0.05) is 6.07 Å². The van der Waals surface area contributed by atoms with Gasteiger partial charge in [0.15, 0.2) is 11.5 Å². The normalized spacial score (nSPS) is 11.4. The van der Waals surface area contributed by atoms with Gasteiger partial charge < -0.3 is 24.2 Å². The fraction of sp³-hybridized carbons (Fsp3) is 0.520. The summed E-state index contributed by atoms with van der Waals surface area (Å²) in [4.78, 5) is -0.924. The molecular weight excluding hydrogens is 865 g/mol. The van der Waals surface area contributed by atoms with Crippen molar-refractivity contribution in [2.75, 3.05) is 0 Å². The maximum atomic E-state index is 12.0. The van der Waals surface area contributed by atoms with Crippen LogP contribution in [0.15, 0.2) is 94.7 Å². The Labute approximate surface area is 408 Å². The zero-order valence-corrected chi connectivity index (χ0v) is 41.6. The average Bonchev–Trinajstić information content (AvgIpc) is 3.24. The van der Waals surface area contributed by atoms with Crippen LogP contribution in [0, 0.1) is 0 Å². The van der Waals surface area contributed by atoms with E-state index >= 15 is 0 Å². The monoisotopic (exact) mass is 934 g/mol. The Kier molecular flexibility index (Phi) is 28.5. The van der Waals surface area contributed by atoms with Crippen LogP contribution in [0.4, 0.5) is 0 Å². The molecule has 0 bridgehead atoms. The Morgan fingerprint density at radius 3 is 1.17 bits per heavy atom. The number of phenolic OH excluding ortho intramolecular Hbond substituents is 1. The molecule has 344 valence electrons. The largest absolute Gasteiger partial charge is 2.00 e. The van der Waals surface area contributed by atoms with Crippen molar-refractivity contribution < 1.29 is 45.6 Å². The number of unbranched alkanes of at least 4 members (excludes halogenated alkanes) is 20. The predicted molar refractivity (Wildman–Crippen MR) is 251 cm³/mol. The summed E-state index contributed by atoms with van der Waals surface area (Å²) < 4.78 is 75.3. The second kappa shape index (κ2) is 31.9. The topological polar surface area (TPSA) is 173 Å². The first-order chi connectivity index (χ1) is 29.8. The Balaban J connectivity index is 0.000000427. The summed E-state index contributed by atoms with van der Waals surface area (Å²) in [6.45, 7) is 4.51. The van der Waals surface area contributed by atoms with E-state index in [1.165, 1.54) is 164 Å². The number of rotatable bonds is 30. The molecule has 0 unspecified atom stereocenters. The minimum Gasteiger partial charge on any atom is -0.870 e. The second-order valence-corrected chi connectivity index (χ2v) is 19.0. The molecule has 4 aromatic carbocycles. The van der Waals surface area contributed by atoms with E-state index in [9.17, 15) is 31.6 Å². The second-order valence-electron chi connectivity index (χ2n) is 16.2. The number of benzene rings is 4. The van der Waals surface area contributed by atoms with E-state index in [1.54, 1.807) is 12.1 Å². The first-order valence-corrected chi connectivity index (χ1v) is 25.8. The van der Waals surface area contributed by atoms with Gasteiger partial charge in [0.25, 0.3) is 10.1 Å². The molecule has 10 nitrogen and oxygen atoms in total. The third-order valence-corrected chi connectivity index (χ3v) is 12.6. The van der Waals surface area contributed by atoms with Gasteiger partial charge in [-0.1, -0.05) is 172 Å². The fourth-order valence-corrected chi connectivity index (χ4v) is 8.15. The molecule has 0 amide bonds. The van der Waals surface area contributed by atoms with E-state index in [2.05, 4.69) is 13.8 Å². The summed E-state index contributed by atoms with van der Waals surface area (Å²) >= 11 is 0. The molecule has 0 aliphatic rings. The van der Waals surface area contributed by atoms with E-state index in [0.717, 1.165) is 37.5 Å². The van der Waals surface area contributed by atoms with Crippen molar-refractivity contribution in [2.24, 2.45) is 0 Å². The van der Waals surface area contributed by atoms with Crippen LogP contribution in [-0.4, -0.2) is 68.8 Å². The van der Waals surface area contributed by atoms with Crippen LogP contribution in [0.3, 0.4) is 0 Å². The molecule has 2 N–H and O–H groups in total. The average molecular weight is 935 g/mol. The molecule has 13 heteroatoms. The molecule has 0 radical (unpaired) electrons. The van der Waals surface area contributed by atoms with E-state index in [-0.39, 0.29) is 59.9 Å². The maximum absolute atomic E-state index is 12.0. The summed E-state index contributed by atoms with van der Waals surface area (Å²) in [5, 5.41) is 21.9. The quantitative estimate of drug-likeness (QED) is 0.0291. The Morgan fingerprint density at radius 1 is 0.476 bits per heavy atom. The Hall–Kier alpha value is -2.84. The molecule has 0 aromatic heterocycles. The standard InChI is InChI=1S/2C25H36O5S.Ca/c2*1-2-3-4-5-6-7-8-9-10-11-12-13-21-14-16-22(17-15-21)30-25-19-18-23(20-24(25)26)31(27,28)29;/h2*14-20,26H,2-13H2,1H3,(H,27,28,29);/q;;+2/p-2. The molecule has 0 spiro atoms. The SMILES string of the molecule is CCCCCCCCCCCCCc1ccc(Oc2ccc(S(=O)(=O)O)cc2O)cc1.CCCCCCCCCCCCCc1ccc(Oc2ccc(S(=O)(=O)[O-])cc2[O-])cc1.[Ca+2]. The Morgan fingerprint density at radius 2 is 0.825 bits per heavy atom. The minimum atomic E-state index is -4.65. The summed E-state index contributed by atoms with van der Waals surface area (Å²) in [7, 11) is -9.01. The first kappa shape index (κ1) is 56.3. The predicted octanol–water partition coefficient (Wildman–Crippen LogP) is 13.2. The molecule has 4 aromatic rings. The number of ether oxygens (including phenoxy) is 2. The number of aryl methyl sites for hydroxylation is 2. The van der Waals surface area contributed by atoms with Gasteiger partial charge in [0.05, 0.1) is 9.79 Å². The third-order valence-electron chi connectivity index (χ3n) is 10.9. The van der Waals surface area contributed by atoms with Gasteiger partial charge in [-0.3, -0.25) is 4.55 Å². The molecule has 0 atom stereocenters. The molecule has 0 heterocycles. The van der Waals surface area contributed by atoms with Crippen molar-refractivity contribution in [3.8, 4) is 34.5 Å². The summed E-state index contributed by atoms with van der Waals surface area (Å²) in [5.41, 5.74) is 2.47. The van der Waals surface area contributed by atoms with E-state index in [0.29, 0.717) is 11.5 Å².